The number of benzene rings is 2. The van der Waals surface area contributed by atoms with Crippen LogP contribution in [0, 0.1) is 5.82 Å². The van der Waals surface area contributed by atoms with Crippen LogP contribution in [0.4, 0.5) is 4.39 Å². The van der Waals surface area contributed by atoms with Gasteiger partial charge in [-0.3, -0.25) is 0 Å². The maximum Gasteiger partial charge on any atom is 0.165 e. The predicted molar refractivity (Wildman–Crippen MR) is 73.3 cm³/mol. The van der Waals surface area contributed by atoms with Gasteiger partial charge in [0, 0.05) is 5.56 Å². The molecule has 0 aromatic heterocycles. The summed E-state index contributed by atoms with van der Waals surface area (Å²) >= 11 is 5.82. The monoisotopic (exact) mass is 280 g/mol. The Labute approximate surface area is 116 Å². The van der Waals surface area contributed by atoms with Crippen LogP contribution in [0.3, 0.4) is 0 Å². The first kappa shape index (κ1) is 13.7. The molecular formula is C15H14ClFO2. The Hall–Kier alpha value is -1.74. The van der Waals surface area contributed by atoms with Gasteiger partial charge in [0.05, 0.1) is 13.0 Å². The number of hydrogen-bond donors (Lipinski definition) is 0. The zero-order valence-electron chi connectivity index (χ0n) is 10.5. The van der Waals surface area contributed by atoms with E-state index in [2.05, 4.69) is 0 Å². The van der Waals surface area contributed by atoms with Crippen LogP contribution in [0.2, 0.25) is 0 Å². The minimum atomic E-state index is -0.394. The highest BCUT2D eigenvalue weighted by Gasteiger charge is 2.05. The van der Waals surface area contributed by atoms with E-state index in [0.29, 0.717) is 11.6 Å². The molecule has 0 amide bonds. The highest BCUT2D eigenvalue weighted by atomic mass is 35.5. The fourth-order valence-corrected chi connectivity index (χ4v) is 1.94. The summed E-state index contributed by atoms with van der Waals surface area (Å²) in [6, 6.07) is 12.3. The van der Waals surface area contributed by atoms with E-state index < -0.39 is 5.82 Å². The van der Waals surface area contributed by atoms with Crippen molar-refractivity contribution in [2.24, 2.45) is 0 Å². The summed E-state index contributed by atoms with van der Waals surface area (Å²) in [6.07, 6.45) is 0. The summed E-state index contributed by atoms with van der Waals surface area (Å²) in [5.74, 6) is 0.931. The molecule has 2 aromatic carbocycles. The topological polar surface area (TPSA) is 18.5 Å². The fourth-order valence-electron chi connectivity index (χ4n) is 1.72. The Balaban J connectivity index is 2.08. The Kier molecular flexibility index (Phi) is 4.63. The Bertz CT molecular complexity index is 558. The molecule has 0 bridgehead atoms. The minimum Gasteiger partial charge on any atom is -0.494 e. The maximum atomic E-state index is 13.5. The van der Waals surface area contributed by atoms with Crippen LogP contribution in [0.5, 0.6) is 11.5 Å². The third kappa shape index (κ3) is 3.38. The molecule has 19 heavy (non-hydrogen) atoms. The first-order valence-electron chi connectivity index (χ1n) is 5.83. The molecule has 0 heterocycles. The zero-order valence-corrected chi connectivity index (χ0v) is 11.3. The van der Waals surface area contributed by atoms with Crippen molar-refractivity contribution in [2.45, 2.75) is 12.5 Å². The Morgan fingerprint density at radius 2 is 1.89 bits per heavy atom. The predicted octanol–water partition coefficient (Wildman–Crippen LogP) is 4.15. The van der Waals surface area contributed by atoms with Gasteiger partial charge in [-0.1, -0.05) is 24.3 Å². The van der Waals surface area contributed by atoms with Crippen LogP contribution >= 0.6 is 11.6 Å². The molecule has 2 rings (SSSR count). The van der Waals surface area contributed by atoms with Crippen molar-refractivity contribution in [1.82, 2.24) is 0 Å². The van der Waals surface area contributed by atoms with Crippen LogP contribution in [0.25, 0.3) is 0 Å². The van der Waals surface area contributed by atoms with Crippen molar-refractivity contribution < 1.29 is 13.9 Å². The van der Waals surface area contributed by atoms with Crippen molar-refractivity contribution >= 4 is 11.6 Å². The van der Waals surface area contributed by atoms with Crippen LogP contribution in [-0.4, -0.2) is 7.11 Å². The maximum absolute atomic E-state index is 13.5. The molecule has 0 atom stereocenters. The van der Waals surface area contributed by atoms with E-state index in [9.17, 15) is 4.39 Å². The zero-order chi connectivity index (χ0) is 13.7. The smallest absolute Gasteiger partial charge is 0.165 e. The molecule has 0 saturated heterocycles. The SMILES string of the molecule is COc1ccc(COc2ccccc2CCl)cc1F. The summed E-state index contributed by atoms with van der Waals surface area (Å²) < 4.78 is 24.0. The summed E-state index contributed by atoms with van der Waals surface area (Å²) in [5.41, 5.74) is 1.65. The van der Waals surface area contributed by atoms with Gasteiger partial charge in [-0.2, -0.15) is 0 Å². The second kappa shape index (κ2) is 6.43. The highest BCUT2D eigenvalue weighted by molar-refractivity contribution is 6.17. The number of rotatable bonds is 5. The number of methoxy groups -OCH3 is 1. The lowest BCUT2D eigenvalue weighted by atomic mass is 10.2. The second-order valence-corrected chi connectivity index (χ2v) is 4.27. The molecule has 2 nitrogen and oxygen atoms in total. The van der Waals surface area contributed by atoms with Gasteiger partial charge in [-0.15, -0.1) is 11.6 Å². The number of hydrogen-bond acceptors (Lipinski definition) is 2. The van der Waals surface area contributed by atoms with Crippen molar-refractivity contribution in [1.29, 1.82) is 0 Å². The first-order valence-corrected chi connectivity index (χ1v) is 6.37. The summed E-state index contributed by atoms with van der Waals surface area (Å²) in [5, 5.41) is 0. The molecule has 0 aliphatic heterocycles. The fraction of sp³-hybridized carbons (Fsp3) is 0.200. The molecule has 0 spiro atoms. The van der Waals surface area contributed by atoms with Gasteiger partial charge in [0.25, 0.3) is 0 Å². The van der Waals surface area contributed by atoms with Gasteiger partial charge in [-0.05, 0) is 23.8 Å². The summed E-state index contributed by atoms with van der Waals surface area (Å²) in [7, 11) is 1.44. The number of para-hydroxylation sites is 1. The van der Waals surface area contributed by atoms with Gasteiger partial charge in [0.2, 0.25) is 0 Å². The van der Waals surface area contributed by atoms with E-state index >= 15 is 0 Å². The molecule has 0 unspecified atom stereocenters. The van der Waals surface area contributed by atoms with Crippen LogP contribution in [-0.2, 0) is 12.5 Å². The third-order valence-electron chi connectivity index (χ3n) is 2.73. The molecular weight excluding hydrogens is 267 g/mol. The molecule has 0 N–H and O–H groups in total. The van der Waals surface area contributed by atoms with E-state index in [0.717, 1.165) is 11.1 Å². The minimum absolute atomic E-state index is 0.227. The largest absolute Gasteiger partial charge is 0.494 e. The van der Waals surface area contributed by atoms with Crippen molar-refractivity contribution in [3.05, 3.63) is 59.4 Å². The van der Waals surface area contributed by atoms with Gasteiger partial charge < -0.3 is 9.47 Å². The Morgan fingerprint density at radius 3 is 2.58 bits per heavy atom. The lowest BCUT2D eigenvalue weighted by Crippen LogP contribution is -1.99. The van der Waals surface area contributed by atoms with E-state index in [4.69, 9.17) is 21.1 Å². The van der Waals surface area contributed by atoms with E-state index in [1.54, 1.807) is 12.1 Å². The Morgan fingerprint density at radius 1 is 1.11 bits per heavy atom. The van der Waals surface area contributed by atoms with Gasteiger partial charge in [-0.25, -0.2) is 4.39 Å². The molecule has 0 aliphatic rings. The van der Waals surface area contributed by atoms with Crippen LogP contribution in [0.1, 0.15) is 11.1 Å². The second-order valence-electron chi connectivity index (χ2n) is 4.00. The molecule has 100 valence electrons. The third-order valence-corrected chi connectivity index (χ3v) is 3.02. The standard InChI is InChI=1S/C15H14ClFO2/c1-18-15-7-6-11(8-13(15)17)10-19-14-5-3-2-4-12(14)9-16/h2-8H,9-10H2,1H3. The highest BCUT2D eigenvalue weighted by Crippen LogP contribution is 2.22. The normalized spacial score (nSPS) is 10.3. The van der Waals surface area contributed by atoms with E-state index in [-0.39, 0.29) is 12.4 Å². The van der Waals surface area contributed by atoms with E-state index in [1.807, 2.05) is 24.3 Å². The summed E-state index contributed by atoms with van der Waals surface area (Å²) in [6.45, 7) is 0.287. The lowest BCUT2D eigenvalue weighted by Gasteiger charge is -2.10. The number of ether oxygens (including phenoxy) is 2. The van der Waals surface area contributed by atoms with Crippen molar-refractivity contribution in [2.75, 3.05) is 7.11 Å². The molecule has 4 heteroatoms. The van der Waals surface area contributed by atoms with Gasteiger partial charge >= 0.3 is 0 Å². The van der Waals surface area contributed by atoms with Crippen molar-refractivity contribution in [3.8, 4) is 11.5 Å². The molecule has 2 aromatic rings. The lowest BCUT2D eigenvalue weighted by molar-refractivity contribution is 0.302. The van der Waals surface area contributed by atoms with Gasteiger partial charge in [0.1, 0.15) is 12.4 Å². The average Bonchev–Trinajstić information content (AvgIpc) is 2.45. The first-order chi connectivity index (χ1) is 9.24. The quantitative estimate of drug-likeness (QED) is 0.766. The molecule has 0 radical (unpaired) electrons. The average molecular weight is 281 g/mol. The molecule has 0 fully saturated rings. The molecule has 0 aliphatic carbocycles. The van der Waals surface area contributed by atoms with E-state index in [1.165, 1.54) is 13.2 Å². The van der Waals surface area contributed by atoms with Crippen LogP contribution in [0.15, 0.2) is 42.5 Å². The molecule has 0 saturated carbocycles. The van der Waals surface area contributed by atoms with Crippen LogP contribution < -0.4 is 9.47 Å². The summed E-state index contributed by atoms with van der Waals surface area (Å²) in [4.78, 5) is 0. The van der Waals surface area contributed by atoms with Gasteiger partial charge in [0.15, 0.2) is 11.6 Å². The number of halogens is 2. The number of alkyl halides is 1. The van der Waals surface area contributed by atoms with Crippen molar-refractivity contribution in [3.63, 3.8) is 0 Å².